The lowest BCUT2D eigenvalue weighted by molar-refractivity contribution is 0.292. The van der Waals surface area contributed by atoms with Crippen LogP contribution in [0.5, 0.6) is 11.5 Å². The van der Waals surface area contributed by atoms with Gasteiger partial charge in [0.2, 0.25) is 0 Å². The van der Waals surface area contributed by atoms with Crippen LogP contribution in [0.3, 0.4) is 0 Å². The fourth-order valence-corrected chi connectivity index (χ4v) is 2.06. The molecule has 0 saturated heterocycles. The number of nitrogen functional groups attached to an aromatic ring is 1. The van der Waals surface area contributed by atoms with Gasteiger partial charge >= 0.3 is 0 Å². The first-order valence-electron chi connectivity index (χ1n) is 6.04. The van der Waals surface area contributed by atoms with E-state index >= 15 is 0 Å². The van der Waals surface area contributed by atoms with Gasteiger partial charge in [0.1, 0.15) is 5.82 Å². The standard InChI is InChI=1S/C13H14FN3O2/c1-17-13(15)9(7-16-17)8-3-4-10-12(11(8)14)19-6-2-5-18-10/h3-4,7H,2,5-6,15H2,1H3. The van der Waals surface area contributed by atoms with E-state index in [1.165, 1.54) is 10.9 Å². The molecule has 0 unspecified atom stereocenters. The Bertz CT molecular complexity index is 625. The number of aromatic nitrogens is 2. The molecular formula is C13H14FN3O2. The van der Waals surface area contributed by atoms with Crippen molar-refractivity contribution in [3.63, 3.8) is 0 Å². The summed E-state index contributed by atoms with van der Waals surface area (Å²) in [5.74, 6) is 0.534. The van der Waals surface area contributed by atoms with E-state index in [-0.39, 0.29) is 5.75 Å². The number of aryl methyl sites for hydroxylation is 1. The van der Waals surface area contributed by atoms with Crippen LogP contribution in [0.2, 0.25) is 0 Å². The maximum Gasteiger partial charge on any atom is 0.197 e. The van der Waals surface area contributed by atoms with Gasteiger partial charge in [0.05, 0.1) is 19.4 Å². The Morgan fingerprint density at radius 3 is 2.79 bits per heavy atom. The van der Waals surface area contributed by atoms with E-state index in [1.807, 2.05) is 0 Å². The van der Waals surface area contributed by atoms with Crippen LogP contribution >= 0.6 is 0 Å². The summed E-state index contributed by atoms with van der Waals surface area (Å²) in [5.41, 5.74) is 6.79. The van der Waals surface area contributed by atoms with Crippen LogP contribution in [0.4, 0.5) is 10.2 Å². The van der Waals surface area contributed by atoms with Crippen LogP contribution in [-0.4, -0.2) is 23.0 Å². The molecule has 3 rings (SSSR count). The van der Waals surface area contributed by atoms with E-state index < -0.39 is 5.82 Å². The minimum atomic E-state index is -0.459. The molecule has 1 aliphatic rings. The molecule has 1 aromatic heterocycles. The molecule has 0 bridgehead atoms. The third-order valence-electron chi connectivity index (χ3n) is 3.13. The Balaban J connectivity index is 2.13. The van der Waals surface area contributed by atoms with E-state index in [1.54, 1.807) is 19.2 Å². The van der Waals surface area contributed by atoms with Crippen molar-refractivity contribution >= 4 is 5.82 Å². The highest BCUT2D eigenvalue weighted by Gasteiger charge is 2.21. The highest BCUT2D eigenvalue weighted by Crippen LogP contribution is 2.39. The zero-order chi connectivity index (χ0) is 13.4. The predicted molar refractivity (Wildman–Crippen MR) is 68.6 cm³/mol. The van der Waals surface area contributed by atoms with E-state index in [0.717, 1.165) is 6.42 Å². The van der Waals surface area contributed by atoms with Gasteiger partial charge in [-0.15, -0.1) is 0 Å². The summed E-state index contributed by atoms with van der Waals surface area (Å²) in [4.78, 5) is 0. The van der Waals surface area contributed by atoms with Crippen LogP contribution in [0.25, 0.3) is 11.1 Å². The molecule has 0 saturated carbocycles. The van der Waals surface area contributed by atoms with Crippen molar-refractivity contribution in [3.05, 3.63) is 24.1 Å². The van der Waals surface area contributed by atoms with Gasteiger partial charge in [-0.25, -0.2) is 4.39 Å². The van der Waals surface area contributed by atoms with Crippen molar-refractivity contribution in [2.24, 2.45) is 7.05 Å². The Kier molecular flexibility index (Phi) is 2.77. The van der Waals surface area contributed by atoms with Crippen LogP contribution in [-0.2, 0) is 7.05 Å². The summed E-state index contributed by atoms with van der Waals surface area (Å²) in [5, 5.41) is 4.02. The van der Waals surface area contributed by atoms with Crippen molar-refractivity contribution in [1.82, 2.24) is 9.78 Å². The lowest BCUT2D eigenvalue weighted by Crippen LogP contribution is -2.00. The Morgan fingerprint density at radius 2 is 2.05 bits per heavy atom. The number of anilines is 1. The second-order valence-corrected chi connectivity index (χ2v) is 4.37. The molecule has 1 aromatic carbocycles. The number of nitrogens with zero attached hydrogens (tertiary/aromatic N) is 2. The Labute approximate surface area is 109 Å². The number of halogens is 1. The number of rotatable bonds is 1. The van der Waals surface area contributed by atoms with Crippen LogP contribution in [0.15, 0.2) is 18.3 Å². The summed E-state index contributed by atoms with van der Waals surface area (Å²) in [6, 6.07) is 3.34. The van der Waals surface area contributed by atoms with Crippen molar-refractivity contribution in [2.45, 2.75) is 6.42 Å². The number of hydrogen-bond acceptors (Lipinski definition) is 4. The van der Waals surface area contributed by atoms with Gasteiger partial charge < -0.3 is 15.2 Å². The molecular weight excluding hydrogens is 249 g/mol. The van der Waals surface area contributed by atoms with Crippen molar-refractivity contribution < 1.29 is 13.9 Å². The monoisotopic (exact) mass is 263 g/mol. The molecule has 2 heterocycles. The van der Waals surface area contributed by atoms with Gasteiger partial charge in [0.15, 0.2) is 17.3 Å². The third-order valence-corrected chi connectivity index (χ3v) is 3.13. The first-order chi connectivity index (χ1) is 9.18. The molecule has 0 amide bonds. The molecule has 0 radical (unpaired) electrons. The highest BCUT2D eigenvalue weighted by molar-refractivity contribution is 5.76. The molecule has 5 nitrogen and oxygen atoms in total. The molecule has 0 aliphatic carbocycles. The average molecular weight is 263 g/mol. The van der Waals surface area contributed by atoms with Crippen LogP contribution < -0.4 is 15.2 Å². The van der Waals surface area contributed by atoms with Gasteiger partial charge in [-0.2, -0.15) is 5.10 Å². The second-order valence-electron chi connectivity index (χ2n) is 4.37. The van der Waals surface area contributed by atoms with E-state index in [4.69, 9.17) is 15.2 Å². The summed E-state index contributed by atoms with van der Waals surface area (Å²) >= 11 is 0. The van der Waals surface area contributed by atoms with Crippen molar-refractivity contribution in [2.75, 3.05) is 18.9 Å². The lowest BCUT2D eigenvalue weighted by atomic mass is 10.1. The number of fused-ring (bicyclic) bond motifs is 1. The van der Waals surface area contributed by atoms with Gasteiger partial charge in [0.25, 0.3) is 0 Å². The number of nitrogens with two attached hydrogens (primary N) is 1. The lowest BCUT2D eigenvalue weighted by Gasteiger charge is -2.11. The van der Waals surface area contributed by atoms with Gasteiger partial charge in [-0.05, 0) is 12.1 Å². The summed E-state index contributed by atoms with van der Waals surface area (Å²) < 4.78 is 26.9. The molecule has 2 N–H and O–H groups in total. The third kappa shape index (κ3) is 1.89. The molecule has 19 heavy (non-hydrogen) atoms. The number of benzene rings is 1. The normalized spacial score (nSPS) is 14.2. The molecule has 6 heteroatoms. The largest absolute Gasteiger partial charge is 0.489 e. The first kappa shape index (κ1) is 11.8. The van der Waals surface area contributed by atoms with E-state index in [0.29, 0.717) is 35.9 Å². The van der Waals surface area contributed by atoms with E-state index in [9.17, 15) is 4.39 Å². The molecule has 0 atom stereocenters. The summed E-state index contributed by atoms with van der Waals surface area (Å²) in [7, 11) is 1.71. The minimum Gasteiger partial charge on any atom is -0.489 e. The Morgan fingerprint density at radius 1 is 1.26 bits per heavy atom. The topological polar surface area (TPSA) is 62.3 Å². The minimum absolute atomic E-state index is 0.151. The quantitative estimate of drug-likeness (QED) is 0.854. The van der Waals surface area contributed by atoms with Gasteiger partial charge in [-0.3, -0.25) is 4.68 Å². The first-order valence-corrected chi connectivity index (χ1v) is 6.04. The van der Waals surface area contributed by atoms with Crippen LogP contribution in [0.1, 0.15) is 6.42 Å². The van der Waals surface area contributed by atoms with Gasteiger partial charge in [-0.1, -0.05) is 0 Å². The van der Waals surface area contributed by atoms with Crippen LogP contribution in [0, 0.1) is 5.82 Å². The van der Waals surface area contributed by atoms with Crippen molar-refractivity contribution in [3.8, 4) is 22.6 Å². The fourth-order valence-electron chi connectivity index (χ4n) is 2.06. The fraction of sp³-hybridized carbons (Fsp3) is 0.308. The molecule has 100 valence electrons. The molecule has 0 fully saturated rings. The Hall–Kier alpha value is -2.24. The molecule has 0 spiro atoms. The van der Waals surface area contributed by atoms with E-state index in [2.05, 4.69) is 5.10 Å². The highest BCUT2D eigenvalue weighted by atomic mass is 19.1. The number of hydrogen-bond donors (Lipinski definition) is 1. The zero-order valence-electron chi connectivity index (χ0n) is 10.5. The summed E-state index contributed by atoms with van der Waals surface area (Å²) in [6.45, 7) is 0.969. The van der Waals surface area contributed by atoms with Crippen molar-refractivity contribution in [1.29, 1.82) is 0 Å². The smallest absolute Gasteiger partial charge is 0.197 e. The van der Waals surface area contributed by atoms with Gasteiger partial charge in [0, 0.05) is 24.6 Å². The maximum atomic E-state index is 14.5. The second kappa shape index (κ2) is 4.46. The maximum absolute atomic E-state index is 14.5. The SMILES string of the molecule is Cn1ncc(-c2ccc3c(c2F)OCCCO3)c1N. The predicted octanol–water partition coefficient (Wildman–Crippen LogP) is 1.97. The molecule has 1 aliphatic heterocycles. The average Bonchev–Trinajstić information content (AvgIpc) is 2.64. The zero-order valence-corrected chi connectivity index (χ0v) is 10.5. The summed E-state index contributed by atoms with van der Waals surface area (Å²) in [6.07, 6.45) is 2.27. The molecule has 2 aromatic rings. The number of ether oxygens (including phenoxy) is 2.